The van der Waals surface area contributed by atoms with Gasteiger partial charge in [0.15, 0.2) is 0 Å². The molecule has 7 heteroatoms. The molecule has 0 spiro atoms. The molecule has 1 amide bonds. The van der Waals surface area contributed by atoms with Gasteiger partial charge in [0.2, 0.25) is 0 Å². The summed E-state index contributed by atoms with van der Waals surface area (Å²) in [6, 6.07) is 2.82. The molecule has 0 aromatic heterocycles. The number of benzene rings is 1. The van der Waals surface area contributed by atoms with Gasteiger partial charge in [-0.25, -0.2) is 13.8 Å². The summed E-state index contributed by atoms with van der Waals surface area (Å²) in [6.45, 7) is 5.33. The molecule has 0 radical (unpaired) electrons. The maximum atomic E-state index is 14.5. The second kappa shape index (κ2) is 9.83. The van der Waals surface area contributed by atoms with Crippen LogP contribution in [0.25, 0.3) is 0 Å². The van der Waals surface area contributed by atoms with Crippen LogP contribution in [0.15, 0.2) is 47.1 Å². The van der Waals surface area contributed by atoms with Crippen molar-refractivity contribution in [3.8, 4) is 0 Å². The lowest BCUT2D eigenvalue weighted by Gasteiger charge is -2.36. The molecule has 2 atom stereocenters. The zero-order chi connectivity index (χ0) is 21.8. The summed E-state index contributed by atoms with van der Waals surface area (Å²) in [6.07, 6.45) is 10.4. The van der Waals surface area contributed by atoms with Crippen molar-refractivity contribution >= 4 is 11.6 Å². The standard InChI is InChI=1S/C24H30F2N4O/c1-2-22(29-13-11-27-12-14-29)24(31)30-23(17-7-5-3-4-6-8-17)16-21(28-30)19-15-18(25)9-10-20(19)26/h5,7-10,15,22-23,27H,2-4,6,11-14,16H2,1H3. The Balaban J connectivity index is 1.68. The third kappa shape index (κ3) is 4.77. The number of hydrogen-bond acceptors (Lipinski definition) is 4. The van der Waals surface area contributed by atoms with E-state index < -0.39 is 11.6 Å². The number of nitrogens with one attached hydrogen (secondary N) is 1. The Hall–Kier alpha value is -2.38. The number of carbonyl (C=O) groups excluding carboxylic acids is 1. The molecule has 2 aliphatic heterocycles. The largest absolute Gasteiger partial charge is 0.314 e. The molecule has 1 aliphatic carbocycles. The van der Waals surface area contributed by atoms with Gasteiger partial charge < -0.3 is 5.32 Å². The first kappa shape index (κ1) is 21.8. The molecule has 3 aliphatic rings. The number of hydrogen-bond donors (Lipinski definition) is 1. The van der Waals surface area contributed by atoms with Crippen molar-refractivity contribution in [1.29, 1.82) is 0 Å². The van der Waals surface area contributed by atoms with Gasteiger partial charge in [0.05, 0.1) is 17.8 Å². The quantitative estimate of drug-likeness (QED) is 0.779. The number of halogens is 2. The lowest BCUT2D eigenvalue weighted by Crippen LogP contribution is -2.54. The Morgan fingerprint density at radius 2 is 2.06 bits per heavy atom. The van der Waals surface area contributed by atoms with Gasteiger partial charge in [-0.2, -0.15) is 5.10 Å². The van der Waals surface area contributed by atoms with E-state index in [-0.39, 0.29) is 23.6 Å². The smallest absolute Gasteiger partial charge is 0.260 e. The van der Waals surface area contributed by atoms with Gasteiger partial charge in [0.1, 0.15) is 11.6 Å². The minimum atomic E-state index is -0.521. The monoisotopic (exact) mass is 428 g/mol. The van der Waals surface area contributed by atoms with Crippen LogP contribution in [0.1, 0.15) is 44.6 Å². The minimum absolute atomic E-state index is 0.0697. The van der Waals surface area contributed by atoms with Crippen molar-refractivity contribution in [2.45, 2.75) is 51.1 Å². The van der Waals surface area contributed by atoms with Gasteiger partial charge in [0.25, 0.3) is 5.91 Å². The van der Waals surface area contributed by atoms with Crippen LogP contribution < -0.4 is 5.32 Å². The molecule has 4 rings (SSSR count). The van der Waals surface area contributed by atoms with Gasteiger partial charge in [0, 0.05) is 38.2 Å². The molecule has 2 heterocycles. The molecule has 2 unspecified atom stereocenters. The number of piperazine rings is 1. The number of rotatable bonds is 5. The predicted octanol–water partition coefficient (Wildman–Crippen LogP) is 3.62. The van der Waals surface area contributed by atoms with Crippen molar-refractivity contribution in [3.05, 3.63) is 59.2 Å². The highest BCUT2D eigenvalue weighted by atomic mass is 19.1. The molecule has 31 heavy (non-hydrogen) atoms. The van der Waals surface area contributed by atoms with E-state index >= 15 is 0 Å². The first-order valence-electron chi connectivity index (χ1n) is 11.3. The fourth-order valence-electron chi connectivity index (χ4n) is 4.63. The zero-order valence-corrected chi connectivity index (χ0v) is 18.0. The van der Waals surface area contributed by atoms with Crippen LogP contribution in [0.4, 0.5) is 8.78 Å². The first-order valence-corrected chi connectivity index (χ1v) is 11.3. The van der Waals surface area contributed by atoms with Crippen molar-refractivity contribution in [2.24, 2.45) is 5.10 Å². The van der Waals surface area contributed by atoms with Crippen LogP contribution in [0.2, 0.25) is 0 Å². The summed E-state index contributed by atoms with van der Waals surface area (Å²) in [7, 11) is 0. The first-order chi connectivity index (χ1) is 15.1. The number of carbonyl (C=O) groups is 1. The molecule has 1 fully saturated rings. The van der Waals surface area contributed by atoms with Crippen molar-refractivity contribution in [3.63, 3.8) is 0 Å². The van der Waals surface area contributed by atoms with E-state index in [0.29, 0.717) is 18.6 Å². The lowest BCUT2D eigenvalue weighted by molar-refractivity contribution is -0.138. The van der Waals surface area contributed by atoms with Crippen molar-refractivity contribution in [1.82, 2.24) is 15.2 Å². The fraction of sp³-hybridized carbons (Fsp3) is 0.500. The third-order valence-corrected chi connectivity index (χ3v) is 6.29. The van der Waals surface area contributed by atoms with E-state index in [1.54, 1.807) is 0 Å². The van der Waals surface area contributed by atoms with E-state index in [4.69, 9.17) is 0 Å². The van der Waals surface area contributed by atoms with E-state index in [9.17, 15) is 13.6 Å². The van der Waals surface area contributed by atoms with Gasteiger partial charge in [-0.1, -0.05) is 25.2 Å². The van der Waals surface area contributed by atoms with Crippen LogP contribution >= 0.6 is 0 Å². The molecule has 1 aromatic carbocycles. The summed E-state index contributed by atoms with van der Waals surface area (Å²) >= 11 is 0. The number of nitrogens with zero attached hydrogens (tertiary/aromatic N) is 3. The molecule has 1 aromatic rings. The summed E-state index contributed by atoms with van der Waals surface area (Å²) in [5, 5.41) is 9.45. The van der Waals surface area contributed by atoms with E-state index in [0.717, 1.165) is 63.1 Å². The molecule has 0 saturated carbocycles. The number of allylic oxidation sites excluding steroid dienone is 2. The zero-order valence-electron chi connectivity index (χ0n) is 18.0. The third-order valence-electron chi connectivity index (χ3n) is 6.29. The second-order valence-corrected chi connectivity index (χ2v) is 8.32. The van der Waals surface area contributed by atoms with Crippen LogP contribution in [0.5, 0.6) is 0 Å². The van der Waals surface area contributed by atoms with Crippen LogP contribution in [-0.2, 0) is 4.79 Å². The Bertz CT molecular complexity index is 905. The Morgan fingerprint density at radius 1 is 1.26 bits per heavy atom. The number of amides is 1. The molecular formula is C24H30F2N4O. The average Bonchev–Trinajstić information content (AvgIpc) is 3.04. The highest BCUT2D eigenvalue weighted by molar-refractivity contribution is 6.04. The molecule has 5 nitrogen and oxygen atoms in total. The highest BCUT2D eigenvalue weighted by Crippen LogP contribution is 2.30. The second-order valence-electron chi connectivity index (χ2n) is 8.32. The summed E-state index contributed by atoms with van der Waals surface area (Å²) < 4.78 is 28.4. The van der Waals surface area contributed by atoms with Gasteiger partial charge in [-0.05, 0) is 49.5 Å². The molecule has 0 bridgehead atoms. The van der Waals surface area contributed by atoms with Crippen molar-refractivity contribution < 1.29 is 13.6 Å². The summed E-state index contributed by atoms with van der Waals surface area (Å²) in [4.78, 5) is 15.9. The highest BCUT2D eigenvalue weighted by Gasteiger charge is 2.39. The Kier molecular flexibility index (Phi) is 6.92. The molecule has 1 N–H and O–H groups in total. The summed E-state index contributed by atoms with van der Waals surface area (Å²) in [5.41, 5.74) is 1.58. The predicted molar refractivity (Wildman–Crippen MR) is 118 cm³/mol. The SMILES string of the molecule is CCC(C(=O)N1N=C(c2cc(F)ccc2F)CC1C1=CCCCC=C1)N1CCNCC1. The normalized spacial score (nSPS) is 23.3. The topological polar surface area (TPSA) is 47.9 Å². The lowest BCUT2D eigenvalue weighted by atomic mass is 9.96. The molecule has 166 valence electrons. The van der Waals surface area contributed by atoms with Crippen LogP contribution in [-0.4, -0.2) is 59.8 Å². The van der Waals surface area contributed by atoms with Crippen molar-refractivity contribution in [2.75, 3.05) is 26.2 Å². The van der Waals surface area contributed by atoms with Gasteiger partial charge in [-0.3, -0.25) is 9.69 Å². The van der Waals surface area contributed by atoms with Crippen LogP contribution in [0, 0.1) is 11.6 Å². The molecule has 1 saturated heterocycles. The van der Waals surface area contributed by atoms with Crippen LogP contribution in [0.3, 0.4) is 0 Å². The van der Waals surface area contributed by atoms with E-state index in [2.05, 4.69) is 33.5 Å². The number of hydrazone groups is 1. The van der Waals surface area contributed by atoms with Gasteiger partial charge >= 0.3 is 0 Å². The maximum absolute atomic E-state index is 14.5. The van der Waals surface area contributed by atoms with E-state index in [1.165, 1.54) is 11.1 Å². The Labute approximate surface area is 182 Å². The minimum Gasteiger partial charge on any atom is -0.314 e. The summed E-state index contributed by atoms with van der Waals surface area (Å²) in [5.74, 6) is -1.10. The fourth-order valence-corrected chi connectivity index (χ4v) is 4.63. The maximum Gasteiger partial charge on any atom is 0.260 e. The van der Waals surface area contributed by atoms with E-state index in [1.807, 2.05) is 6.92 Å². The van der Waals surface area contributed by atoms with Gasteiger partial charge in [-0.15, -0.1) is 0 Å². The Morgan fingerprint density at radius 3 is 2.84 bits per heavy atom. The molecular weight excluding hydrogens is 398 g/mol. The average molecular weight is 429 g/mol.